The van der Waals surface area contributed by atoms with Crippen molar-refractivity contribution in [2.75, 3.05) is 19.8 Å². The lowest BCUT2D eigenvalue weighted by atomic mass is 9.78. The van der Waals surface area contributed by atoms with Crippen LogP contribution in [-0.2, 0) is 14.3 Å². The molecular weight excluding hydrogens is 208 g/mol. The summed E-state index contributed by atoms with van der Waals surface area (Å²) in [7, 11) is 0. The van der Waals surface area contributed by atoms with Gasteiger partial charge in [0.05, 0.1) is 18.1 Å². The van der Waals surface area contributed by atoms with Crippen molar-refractivity contribution < 1.29 is 19.4 Å². The average molecular weight is 230 g/mol. The van der Waals surface area contributed by atoms with Crippen LogP contribution in [0.5, 0.6) is 0 Å². The minimum atomic E-state index is -0.930. The maximum Gasteiger partial charge on any atom is 0.311 e. The van der Waals surface area contributed by atoms with Crippen LogP contribution in [0.15, 0.2) is 0 Å². The lowest BCUT2D eigenvalue weighted by Crippen LogP contribution is -2.47. The normalized spacial score (nSPS) is 21.4. The molecule has 0 aliphatic carbocycles. The Hall–Kier alpha value is -0.610. The molecule has 94 valence electrons. The molecule has 0 spiro atoms. The quantitative estimate of drug-likeness (QED) is 0.727. The third-order valence-corrected chi connectivity index (χ3v) is 3.16. The predicted molar refractivity (Wildman–Crippen MR) is 60.0 cm³/mol. The summed E-state index contributed by atoms with van der Waals surface area (Å²) < 4.78 is 10.3. The van der Waals surface area contributed by atoms with Gasteiger partial charge in [0, 0.05) is 26.1 Å². The molecule has 1 rings (SSSR count). The van der Waals surface area contributed by atoms with Crippen molar-refractivity contribution in [1.82, 2.24) is 0 Å². The van der Waals surface area contributed by atoms with E-state index < -0.39 is 11.5 Å². The smallest absolute Gasteiger partial charge is 0.311 e. The summed E-state index contributed by atoms with van der Waals surface area (Å²) >= 11 is 0. The molecule has 1 aliphatic heterocycles. The lowest BCUT2D eigenvalue weighted by molar-refractivity contribution is -0.166. The maximum atomic E-state index is 11.8. The highest BCUT2D eigenvalue weighted by atomic mass is 16.5. The van der Waals surface area contributed by atoms with Crippen LogP contribution >= 0.6 is 0 Å². The van der Waals surface area contributed by atoms with Crippen molar-refractivity contribution in [3.8, 4) is 0 Å². The van der Waals surface area contributed by atoms with Crippen molar-refractivity contribution >= 4 is 5.97 Å². The lowest BCUT2D eigenvalue weighted by Gasteiger charge is -2.37. The molecule has 1 N–H and O–H groups in total. The third kappa shape index (κ3) is 3.19. The zero-order valence-corrected chi connectivity index (χ0v) is 10.2. The molecule has 0 saturated carbocycles. The van der Waals surface area contributed by atoms with E-state index in [-0.39, 0.29) is 5.97 Å². The van der Waals surface area contributed by atoms with E-state index in [1.807, 2.05) is 6.92 Å². The zero-order valence-electron chi connectivity index (χ0n) is 10.2. The van der Waals surface area contributed by atoms with Crippen LogP contribution in [0.3, 0.4) is 0 Å². The van der Waals surface area contributed by atoms with Crippen LogP contribution in [0.1, 0.15) is 39.5 Å². The summed E-state index contributed by atoms with van der Waals surface area (Å²) in [6, 6.07) is 0. The van der Waals surface area contributed by atoms with Crippen molar-refractivity contribution in [3.05, 3.63) is 0 Å². The Morgan fingerprint density at radius 1 is 1.44 bits per heavy atom. The van der Waals surface area contributed by atoms with Gasteiger partial charge in [-0.05, 0) is 13.3 Å². The molecule has 0 amide bonds. The van der Waals surface area contributed by atoms with E-state index in [2.05, 4.69) is 0 Å². The first-order chi connectivity index (χ1) is 7.64. The number of esters is 1. The molecular formula is C12H22O4. The van der Waals surface area contributed by atoms with Gasteiger partial charge < -0.3 is 14.6 Å². The Morgan fingerprint density at radius 3 is 2.56 bits per heavy atom. The summed E-state index contributed by atoms with van der Waals surface area (Å²) in [5, 5.41) is 10.5. The van der Waals surface area contributed by atoms with Gasteiger partial charge in [-0.15, -0.1) is 0 Å². The summed E-state index contributed by atoms with van der Waals surface area (Å²) in [5.41, 5.74) is -0.930. The van der Waals surface area contributed by atoms with E-state index in [4.69, 9.17) is 9.47 Å². The van der Waals surface area contributed by atoms with Crippen LogP contribution in [-0.4, -0.2) is 36.5 Å². The molecule has 0 bridgehead atoms. The molecule has 16 heavy (non-hydrogen) atoms. The standard InChI is InChI=1S/C12H22O4/c1-3-5-10(11(13)16-4-2)12(14)6-8-15-9-7-12/h10,14H,3-9H2,1-2H3. The summed E-state index contributed by atoms with van der Waals surface area (Å²) in [4.78, 5) is 11.8. The number of rotatable bonds is 5. The van der Waals surface area contributed by atoms with Crippen molar-refractivity contribution in [2.45, 2.75) is 45.1 Å². The number of hydrogen-bond donors (Lipinski definition) is 1. The second kappa shape index (κ2) is 6.21. The summed E-state index contributed by atoms with van der Waals surface area (Å²) in [5.74, 6) is -0.671. The first-order valence-corrected chi connectivity index (χ1v) is 6.10. The monoisotopic (exact) mass is 230 g/mol. The van der Waals surface area contributed by atoms with Crippen molar-refractivity contribution in [1.29, 1.82) is 0 Å². The molecule has 0 aromatic rings. The van der Waals surface area contributed by atoms with Gasteiger partial charge in [0.15, 0.2) is 0 Å². The highest BCUT2D eigenvalue weighted by molar-refractivity contribution is 5.73. The number of hydrogen-bond acceptors (Lipinski definition) is 4. The van der Waals surface area contributed by atoms with E-state index >= 15 is 0 Å². The molecule has 1 saturated heterocycles. The number of carbonyl (C=O) groups excluding carboxylic acids is 1. The average Bonchev–Trinajstić information content (AvgIpc) is 2.27. The van der Waals surface area contributed by atoms with Crippen LogP contribution < -0.4 is 0 Å². The van der Waals surface area contributed by atoms with Crippen LogP contribution in [0.2, 0.25) is 0 Å². The molecule has 1 fully saturated rings. The van der Waals surface area contributed by atoms with Gasteiger partial charge in [-0.2, -0.15) is 0 Å². The summed E-state index contributed by atoms with van der Waals surface area (Å²) in [6.45, 7) is 5.21. The highest BCUT2D eigenvalue weighted by Gasteiger charge is 2.42. The Balaban J connectivity index is 2.70. The second-order valence-electron chi connectivity index (χ2n) is 4.31. The number of carbonyl (C=O) groups is 1. The minimum absolute atomic E-state index is 0.270. The molecule has 1 aliphatic rings. The Morgan fingerprint density at radius 2 is 2.06 bits per heavy atom. The van der Waals surface area contributed by atoms with Gasteiger partial charge in [-0.1, -0.05) is 13.3 Å². The fourth-order valence-electron chi connectivity index (χ4n) is 2.21. The Bertz CT molecular complexity index is 221. The van der Waals surface area contributed by atoms with E-state index in [1.54, 1.807) is 6.92 Å². The van der Waals surface area contributed by atoms with Crippen molar-refractivity contribution in [3.63, 3.8) is 0 Å². The van der Waals surface area contributed by atoms with Crippen molar-refractivity contribution in [2.24, 2.45) is 5.92 Å². The predicted octanol–water partition coefficient (Wildman–Crippen LogP) is 1.51. The molecule has 0 aromatic carbocycles. The largest absolute Gasteiger partial charge is 0.466 e. The Labute approximate surface area is 96.9 Å². The topological polar surface area (TPSA) is 55.8 Å². The maximum absolute atomic E-state index is 11.8. The molecule has 1 atom stereocenters. The van der Waals surface area contributed by atoms with E-state index in [0.29, 0.717) is 39.1 Å². The SMILES string of the molecule is CCCC(C(=O)OCC)C1(O)CCOCC1. The number of aliphatic hydroxyl groups is 1. The van der Waals surface area contributed by atoms with Gasteiger partial charge in [0.25, 0.3) is 0 Å². The molecule has 4 heteroatoms. The van der Waals surface area contributed by atoms with E-state index in [0.717, 1.165) is 6.42 Å². The molecule has 0 radical (unpaired) electrons. The van der Waals surface area contributed by atoms with Crippen LogP contribution in [0.25, 0.3) is 0 Å². The third-order valence-electron chi connectivity index (χ3n) is 3.16. The molecule has 4 nitrogen and oxygen atoms in total. The zero-order chi connectivity index (χ0) is 12.0. The number of ether oxygens (including phenoxy) is 2. The van der Waals surface area contributed by atoms with Gasteiger partial charge >= 0.3 is 5.97 Å². The summed E-state index contributed by atoms with van der Waals surface area (Å²) in [6.07, 6.45) is 2.59. The highest BCUT2D eigenvalue weighted by Crippen LogP contribution is 2.32. The minimum Gasteiger partial charge on any atom is -0.466 e. The Kier molecular flexibility index (Phi) is 5.22. The second-order valence-corrected chi connectivity index (χ2v) is 4.31. The molecule has 0 aromatic heterocycles. The van der Waals surface area contributed by atoms with E-state index in [9.17, 15) is 9.90 Å². The van der Waals surface area contributed by atoms with Gasteiger partial charge in [0.2, 0.25) is 0 Å². The van der Waals surface area contributed by atoms with E-state index in [1.165, 1.54) is 0 Å². The molecule has 1 unspecified atom stereocenters. The molecule has 1 heterocycles. The first-order valence-electron chi connectivity index (χ1n) is 6.10. The van der Waals surface area contributed by atoms with Crippen LogP contribution in [0.4, 0.5) is 0 Å². The van der Waals surface area contributed by atoms with Gasteiger partial charge in [-0.25, -0.2) is 0 Å². The van der Waals surface area contributed by atoms with Gasteiger partial charge in [0.1, 0.15) is 0 Å². The fourth-order valence-corrected chi connectivity index (χ4v) is 2.21. The van der Waals surface area contributed by atoms with Crippen LogP contribution in [0, 0.1) is 5.92 Å². The first kappa shape index (κ1) is 13.5. The fraction of sp³-hybridized carbons (Fsp3) is 0.917. The van der Waals surface area contributed by atoms with Gasteiger partial charge in [-0.3, -0.25) is 4.79 Å².